The van der Waals surface area contributed by atoms with E-state index in [9.17, 15) is 0 Å². The van der Waals surface area contributed by atoms with Crippen LogP contribution in [0.2, 0.25) is 10.0 Å². The molecule has 110 valence electrons. The summed E-state index contributed by atoms with van der Waals surface area (Å²) in [5, 5.41) is 4.65. The molecule has 0 spiro atoms. The summed E-state index contributed by atoms with van der Waals surface area (Å²) in [6.45, 7) is 2.22. The first-order valence-corrected chi connectivity index (χ1v) is 7.91. The second-order valence-electron chi connectivity index (χ2n) is 5.72. The van der Waals surface area contributed by atoms with E-state index in [0.717, 1.165) is 22.7 Å². The summed E-state index contributed by atoms with van der Waals surface area (Å²) in [7, 11) is 0. The van der Waals surface area contributed by atoms with Crippen molar-refractivity contribution in [3.8, 4) is 11.1 Å². The van der Waals surface area contributed by atoms with Crippen molar-refractivity contribution < 1.29 is 0 Å². The third-order valence-corrected chi connectivity index (χ3v) is 4.76. The van der Waals surface area contributed by atoms with Gasteiger partial charge in [0.05, 0.1) is 10.0 Å². The summed E-state index contributed by atoms with van der Waals surface area (Å²) in [6, 6.07) is 12.1. The quantitative estimate of drug-likeness (QED) is 0.735. The Morgan fingerprint density at radius 3 is 2.67 bits per heavy atom. The van der Waals surface area contributed by atoms with Gasteiger partial charge in [-0.2, -0.15) is 0 Å². The van der Waals surface area contributed by atoms with Crippen molar-refractivity contribution in [1.82, 2.24) is 0 Å². The standard InChI is InChI=1S/C17H18Cl2N2/c1-10(11-5-6-11)21-14-8-12(7-13(20)9-14)15-3-2-4-16(18)17(15)19/h2-4,7-11,21H,5-6,20H2,1H3/t10-/m1/s1. The molecule has 0 aliphatic heterocycles. The summed E-state index contributed by atoms with van der Waals surface area (Å²) < 4.78 is 0. The number of nitrogen functional groups attached to an aromatic ring is 1. The Morgan fingerprint density at radius 2 is 1.95 bits per heavy atom. The first kappa shape index (κ1) is 14.6. The van der Waals surface area contributed by atoms with Crippen LogP contribution >= 0.6 is 23.2 Å². The molecule has 1 aliphatic carbocycles. The summed E-state index contributed by atoms with van der Waals surface area (Å²) >= 11 is 12.4. The number of benzene rings is 2. The molecular weight excluding hydrogens is 303 g/mol. The lowest BCUT2D eigenvalue weighted by molar-refractivity contribution is 0.694. The Hall–Kier alpha value is -1.38. The molecule has 0 bridgehead atoms. The molecule has 1 atom stereocenters. The molecule has 1 aliphatic rings. The van der Waals surface area contributed by atoms with Crippen molar-refractivity contribution in [2.45, 2.75) is 25.8 Å². The molecule has 3 rings (SSSR count). The van der Waals surface area contributed by atoms with Crippen LogP contribution < -0.4 is 11.1 Å². The highest BCUT2D eigenvalue weighted by Crippen LogP contribution is 2.37. The van der Waals surface area contributed by atoms with E-state index in [1.165, 1.54) is 12.8 Å². The number of halogens is 2. The molecule has 21 heavy (non-hydrogen) atoms. The zero-order chi connectivity index (χ0) is 15.0. The van der Waals surface area contributed by atoms with E-state index in [0.29, 0.717) is 21.8 Å². The van der Waals surface area contributed by atoms with E-state index >= 15 is 0 Å². The zero-order valence-corrected chi connectivity index (χ0v) is 13.4. The van der Waals surface area contributed by atoms with Gasteiger partial charge in [0.15, 0.2) is 0 Å². The van der Waals surface area contributed by atoms with Crippen LogP contribution in [-0.4, -0.2) is 6.04 Å². The maximum atomic E-state index is 6.31. The fourth-order valence-electron chi connectivity index (χ4n) is 2.59. The summed E-state index contributed by atoms with van der Waals surface area (Å²) in [6.07, 6.45) is 2.62. The Labute approximate surface area is 135 Å². The maximum Gasteiger partial charge on any atom is 0.0670 e. The van der Waals surface area contributed by atoms with E-state index in [2.05, 4.69) is 18.3 Å². The minimum atomic E-state index is 0.467. The van der Waals surface area contributed by atoms with Crippen LogP contribution in [0.1, 0.15) is 19.8 Å². The summed E-state index contributed by atoms with van der Waals surface area (Å²) in [5.41, 5.74) is 9.66. The van der Waals surface area contributed by atoms with E-state index in [-0.39, 0.29) is 0 Å². The van der Waals surface area contributed by atoms with Crippen molar-refractivity contribution in [1.29, 1.82) is 0 Å². The van der Waals surface area contributed by atoms with Gasteiger partial charge >= 0.3 is 0 Å². The Morgan fingerprint density at radius 1 is 1.19 bits per heavy atom. The maximum absolute atomic E-state index is 6.31. The average Bonchev–Trinajstić information content (AvgIpc) is 3.25. The monoisotopic (exact) mass is 320 g/mol. The summed E-state index contributed by atoms with van der Waals surface area (Å²) in [5.74, 6) is 0.782. The fraction of sp³-hybridized carbons (Fsp3) is 0.294. The molecule has 3 N–H and O–H groups in total. The van der Waals surface area contributed by atoms with Crippen molar-refractivity contribution in [3.05, 3.63) is 46.4 Å². The van der Waals surface area contributed by atoms with Crippen molar-refractivity contribution in [2.24, 2.45) is 5.92 Å². The SMILES string of the molecule is C[C@@H](Nc1cc(N)cc(-c2cccc(Cl)c2Cl)c1)C1CC1. The van der Waals surface area contributed by atoms with Crippen LogP contribution in [0.4, 0.5) is 11.4 Å². The number of anilines is 2. The normalized spacial score (nSPS) is 15.8. The van der Waals surface area contributed by atoms with Gasteiger partial charge in [-0.15, -0.1) is 0 Å². The molecule has 0 heterocycles. The zero-order valence-electron chi connectivity index (χ0n) is 11.9. The van der Waals surface area contributed by atoms with Crippen molar-refractivity contribution >= 4 is 34.6 Å². The number of nitrogens with one attached hydrogen (secondary N) is 1. The van der Waals surface area contributed by atoms with E-state index in [1.807, 2.05) is 24.3 Å². The molecule has 2 aromatic carbocycles. The predicted molar refractivity (Wildman–Crippen MR) is 92.1 cm³/mol. The van der Waals surface area contributed by atoms with E-state index in [4.69, 9.17) is 28.9 Å². The smallest absolute Gasteiger partial charge is 0.0670 e. The molecule has 2 aromatic rings. The minimum Gasteiger partial charge on any atom is -0.399 e. The topological polar surface area (TPSA) is 38.0 Å². The van der Waals surface area contributed by atoms with Gasteiger partial charge in [-0.05, 0) is 55.5 Å². The molecule has 0 radical (unpaired) electrons. The van der Waals surface area contributed by atoms with Gasteiger partial charge in [-0.3, -0.25) is 0 Å². The molecular formula is C17H18Cl2N2. The molecule has 1 fully saturated rings. The lowest BCUT2D eigenvalue weighted by atomic mass is 10.0. The Balaban J connectivity index is 1.95. The molecule has 0 unspecified atom stereocenters. The van der Waals surface area contributed by atoms with Crippen LogP contribution in [0.15, 0.2) is 36.4 Å². The van der Waals surface area contributed by atoms with Crippen LogP contribution in [-0.2, 0) is 0 Å². The van der Waals surface area contributed by atoms with Crippen LogP contribution in [0.25, 0.3) is 11.1 Å². The first-order chi connectivity index (χ1) is 10.0. The summed E-state index contributed by atoms with van der Waals surface area (Å²) in [4.78, 5) is 0. The fourth-order valence-corrected chi connectivity index (χ4v) is 3.00. The highest BCUT2D eigenvalue weighted by molar-refractivity contribution is 6.43. The second-order valence-corrected chi connectivity index (χ2v) is 6.50. The van der Waals surface area contributed by atoms with E-state index < -0.39 is 0 Å². The third kappa shape index (κ3) is 3.28. The highest BCUT2D eigenvalue weighted by Gasteiger charge is 2.27. The molecule has 0 aromatic heterocycles. The van der Waals surface area contributed by atoms with Crippen molar-refractivity contribution in [2.75, 3.05) is 11.1 Å². The Bertz CT molecular complexity index is 666. The molecule has 1 saturated carbocycles. The number of hydrogen-bond donors (Lipinski definition) is 2. The lowest BCUT2D eigenvalue weighted by Gasteiger charge is -2.16. The predicted octanol–water partition coefficient (Wildman–Crippen LogP) is 5.45. The molecule has 0 amide bonds. The van der Waals surface area contributed by atoms with Gasteiger partial charge in [-0.25, -0.2) is 0 Å². The minimum absolute atomic E-state index is 0.467. The highest BCUT2D eigenvalue weighted by atomic mass is 35.5. The van der Waals surface area contributed by atoms with E-state index in [1.54, 1.807) is 6.07 Å². The average molecular weight is 321 g/mol. The molecule has 0 saturated heterocycles. The van der Waals surface area contributed by atoms with Gasteiger partial charge < -0.3 is 11.1 Å². The van der Waals surface area contributed by atoms with Crippen LogP contribution in [0.5, 0.6) is 0 Å². The van der Waals surface area contributed by atoms with Gasteiger partial charge in [-0.1, -0.05) is 35.3 Å². The molecule has 2 nitrogen and oxygen atoms in total. The Kier molecular flexibility index (Phi) is 4.01. The van der Waals surface area contributed by atoms with Crippen molar-refractivity contribution in [3.63, 3.8) is 0 Å². The van der Waals surface area contributed by atoms with Gasteiger partial charge in [0.2, 0.25) is 0 Å². The second kappa shape index (κ2) is 5.78. The number of rotatable bonds is 4. The number of nitrogens with two attached hydrogens (primary N) is 1. The van der Waals surface area contributed by atoms with Crippen LogP contribution in [0.3, 0.4) is 0 Å². The van der Waals surface area contributed by atoms with Crippen LogP contribution in [0, 0.1) is 5.92 Å². The van der Waals surface area contributed by atoms with Gasteiger partial charge in [0.25, 0.3) is 0 Å². The van der Waals surface area contributed by atoms with Gasteiger partial charge in [0, 0.05) is 23.0 Å². The largest absolute Gasteiger partial charge is 0.399 e. The molecule has 4 heteroatoms. The van der Waals surface area contributed by atoms with Gasteiger partial charge in [0.1, 0.15) is 0 Å². The number of hydrogen-bond acceptors (Lipinski definition) is 2. The lowest BCUT2D eigenvalue weighted by Crippen LogP contribution is -2.17. The first-order valence-electron chi connectivity index (χ1n) is 7.16. The third-order valence-electron chi connectivity index (χ3n) is 3.94.